The zero-order valence-electron chi connectivity index (χ0n) is 22.7. The summed E-state index contributed by atoms with van der Waals surface area (Å²) >= 11 is 0. The quantitative estimate of drug-likeness (QED) is 0.592. The summed E-state index contributed by atoms with van der Waals surface area (Å²) in [5.41, 5.74) is -4.83. The van der Waals surface area contributed by atoms with Crippen LogP contribution in [0.4, 0.5) is 0 Å². The van der Waals surface area contributed by atoms with Gasteiger partial charge in [-0.3, -0.25) is 9.59 Å². The first kappa shape index (κ1) is 24.9. The molecular formula is C29H36O8. The third-order valence-electron chi connectivity index (χ3n) is 9.73. The molecule has 200 valence electrons. The normalized spacial score (nSPS) is 40.3. The predicted molar refractivity (Wildman–Crippen MR) is 133 cm³/mol. The monoisotopic (exact) mass is 512 g/mol. The Morgan fingerprint density at radius 1 is 1.19 bits per heavy atom. The van der Waals surface area contributed by atoms with Gasteiger partial charge in [0.15, 0.2) is 22.8 Å². The molecule has 3 heterocycles. The van der Waals surface area contributed by atoms with Crippen LogP contribution in [-0.4, -0.2) is 63.5 Å². The van der Waals surface area contributed by atoms with E-state index in [9.17, 15) is 19.8 Å². The molecule has 8 heteroatoms. The van der Waals surface area contributed by atoms with Crippen LogP contribution in [0.25, 0.3) is 0 Å². The Hall–Kier alpha value is -2.42. The number of ether oxygens (including phenoxy) is 4. The van der Waals surface area contributed by atoms with E-state index in [2.05, 4.69) is 0 Å². The highest BCUT2D eigenvalue weighted by Gasteiger charge is 2.85. The van der Waals surface area contributed by atoms with Crippen LogP contribution >= 0.6 is 0 Å². The molecule has 2 N–H and O–H groups in total. The van der Waals surface area contributed by atoms with Crippen molar-refractivity contribution in [3.05, 3.63) is 29.3 Å². The Kier molecular flexibility index (Phi) is 4.68. The molecule has 1 saturated heterocycles. The summed E-state index contributed by atoms with van der Waals surface area (Å²) in [6, 6.07) is 1.49. The molecule has 7 rings (SSSR count). The number of Topliss-reactive ketones (excluding diaryl/α,β-unsaturated/α-hetero) is 2. The Morgan fingerprint density at radius 2 is 1.86 bits per heavy atom. The number of carbonyl (C=O) groups is 2. The van der Waals surface area contributed by atoms with E-state index in [1.54, 1.807) is 26.0 Å². The molecule has 0 radical (unpaired) electrons. The van der Waals surface area contributed by atoms with Crippen molar-refractivity contribution in [3.8, 4) is 17.2 Å². The Bertz CT molecular complexity index is 1270. The van der Waals surface area contributed by atoms with E-state index in [-0.39, 0.29) is 40.7 Å². The van der Waals surface area contributed by atoms with Crippen LogP contribution in [-0.2, 0) is 19.7 Å². The third kappa shape index (κ3) is 2.74. The lowest BCUT2D eigenvalue weighted by molar-refractivity contribution is -0.212. The van der Waals surface area contributed by atoms with E-state index in [1.807, 2.05) is 34.6 Å². The summed E-state index contributed by atoms with van der Waals surface area (Å²) in [7, 11) is 1.50. The zero-order valence-corrected chi connectivity index (χ0v) is 22.7. The number of benzene rings is 1. The van der Waals surface area contributed by atoms with Gasteiger partial charge in [-0.15, -0.1) is 0 Å². The minimum Gasteiger partial charge on any atom is -0.507 e. The molecule has 3 aliphatic carbocycles. The fourth-order valence-corrected chi connectivity index (χ4v) is 7.84. The lowest BCUT2D eigenvalue weighted by Crippen LogP contribution is -2.80. The van der Waals surface area contributed by atoms with E-state index in [0.29, 0.717) is 17.7 Å². The molecule has 7 atom stereocenters. The van der Waals surface area contributed by atoms with Crippen molar-refractivity contribution in [3.63, 3.8) is 0 Å². The number of carbonyl (C=O) groups excluding carboxylic acids is 2. The molecule has 4 fully saturated rings. The van der Waals surface area contributed by atoms with Crippen LogP contribution < -0.4 is 9.47 Å². The van der Waals surface area contributed by atoms with Crippen molar-refractivity contribution in [1.82, 2.24) is 0 Å². The first-order valence-corrected chi connectivity index (χ1v) is 13.0. The average molecular weight is 513 g/mol. The van der Waals surface area contributed by atoms with Crippen molar-refractivity contribution in [2.75, 3.05) is 7.11 Å². The maximum atomic E-state index is 14.5. The van der Waals surface area contributed by atoms with Gasteiger partial charge in [0, 0.05) is 36.0 Å². The highest BCUT2D eigenvalue weighted by Crippen LogP contribution is 2.70. The minimum absolute atomic E-state index is 0.0982. The summed E-state index contributed by atoms with van der Waals surface area (Å²) in [5, 5.41) is 21.7. The fourth-order valence-electron chi connectivity index (χ4n) is 7.84. The number of methoxy groups -OCH3 is 1. The molecule has 1 aromatic rings. The van der Waals surface area contributed by atoms with E-state index in [1.165, 1.54) is 13.2 Å². The van der Waals surface area contributed by atoms with Gasteiger partial charge < -0.3 is 29.2 Å². The van der Waals surface area contributed by atoms with Gasteiger partial charge >= 0.3 is 0 Å². The topological polar surface area (TPSA) is 112 Å². The molecule has 0 amide bonds. The van der Waals surface area contributed by atoms with E-state index < -0.39 is 45.8 Å². The van der Waals surface area contributed by atoms with Gasteiger partial charge in [-0.2, -0.15) is 0 Å². The summed E-state index contributed by atoms with van der Waals surface area (Å²) in [5.74, 6) is -1.86. The van der Waals surface area contributed by atoms with Crippen LogP contribution in [0.2, 0.25) is 0 Å². The molecule has 37 heavy (non-hydrogen) atoms. The lowest BCUT2D eigenvalue weighted by atomic mass is 9.46. The smallest absolute Gasteiger partial charge is 0.186 e. The van der Waals surface area contributed by atoms with Crippen LogP contribution in [0, 0.1) is 17.8 Å². The summed E-state index contributed by atoms with van der Waals surface area (Å²) in [6.45, 7) is 13.0. The molecule has 1 spiro atoms. The maximum absolute atomic E-state index is 14.5. The second-order valence-corrected chi connectivity index (χ2v) is 13.1. The number of fused-ring (bicyclic) bond motifs is 3. The summed E-state index contributed by atoms with van der Waals surface area (Å²) < 4.78 is 25.7. The molecule has 1 unspecified atom stereocenters. The summed E-state index contributed by atoms with van der Waals surface area (Å²) in [4.78, 5) is 28.8. The Morgan fingerprint density at radius 3 is 2.49 bits per heavy atom. The van der Waals surface area contributed by atoms with Crippen LogP contribution in [0.3, 0.4) is 0 Å². The predicted octanol–water partition coefficient (Wildman–Crippen LogP) is 3.49. The van der Waals surface area contributed by atoms with Gasteiger partial charge in [0.25, 0.3) is 0 Å². The van der Waals surface area contributed by atoms with Crippen molar-refractivity contribution < 1.29 is 38.7 Å². The number of aliphatic hydroxyl groups is 1. The molecular weight excluding hydrogens is 476 g/mol. The van der Waals surface area contributed by atoms with E-state index in [0.717, 1.165) is 0 Å². The second-order valence-electron chi connectivity index (χ2n) is 13.1. The van der Waals surface area contributed by atoms with Gasteiger partial charge in [-0.1, -0.05) is 19.9 Å². The van der Waals surface area contributed by atoms with Crippen molar-refractivity contribution in [2.45, 2.75) is 94.9 Å². The highest BCUT2D eigenvalue weighted by atomic mass is 16.6. The van der Waals surface area contributed by atoms with Crippen LogP contribution in [0.15, 0.2) is 18.2 Å². The number of hydrogen-bond donors (Lipinski definition) is 2. The number of phenols is 1. The van der Waals surface area contributed by atoms with Crippen molar-refractivity contribution in [2.24, 2.45) is 17.8 Å². The Balaban J connectivity index is 1.70. The molecule has 3 aliphatic heterocycles. The van der Waals surface area contributed by atoms with Crippen LogP contribution in [0.1, 0.15) is 70.8 Å². The molecule has 6 aliphatic rings. The number of rotatable bonds is 3. The molecule has 1 aromatic carbocycles. The molecule has 4 bridgehead atoms. The van der Waals surface area contributed by atoms with Crippen molar-refractivity contribution >= 4 is 11.6 Å². The third-order valence-corrected chi connectivity index (χ3v) is 9.73. The van der Waals surface area contributed by atoms with E-state index in [4.69, 9.17) is 18.9 Å². The van der Waals surface area contributed by atoms with Gasteiger partial charge in [-0.05, 0) is 47.1 Å². The Labute approximate surface area is 216 Å². The standard InChI is InChI=1S/C29H36O8/c1-13-26(4,5)19-16(35-13)12-15(30)18-21(31)20-22(34-8)14-11-17-27(6,7)37-28(24(14)32,10-9-25(2,3)33)29(17,20)36-23(18)19/h9-10,12-14,17,20,22,30,33H,11H2,1-8H3/b10-9+/t13?,14-,17-,20+,22-,28-,29+/m0/s1. The van der Waals surface area contributed by atoms with Gasteiger partial charge in [0.2, 0.25) is 0 Å². The highest BCUT2D eigenvalue weighted by molar-refractivity contribution is 6.10. The zero-order chi connectivity index (χ0) is 27.1. The molecule has 0 aromatic heterocycles. The maximum Gasteiger partial charge on any atom is 0.186 e. The number of hydrogen-bond acceptors (Lipinski definition) is 8. The van der Waals surface area contributed by atoms with Gasteiger partial charge in [0.1, 0.15) is 28.9 Å². The number of phenolic OH excluding ortho intramolecular Hbond substituents is 1. The largest absolute Gasteiger partial charge is 0.507 e. The minimum atomic E-state index is -1.62. The van der Waals surface area contributed by atoms with Gasteiger partial charge in [-0.25, -0.2) is 0 Å². The lowest BCUT2D eigenvalue weighted by Gasteiger charge is -2.62. The molecule has 8 nitrogen and oxygen atoms in total. The first-order valence-electron chi connectivity index (χ1n) is 13.0. The second kappa shape index (κ2) is 6.96. The summed E-state index contributed by atoms with van der Waals surface area (Å²) in [6.07, 6.45) is 2.63. The number of ketones is 2. The SMILES string of the molecule is CO[C@H]1[C@@H]2C[C@H]3C(C)(C)O[C@@](/C=C/C(C)(C)O)(C2=O)[C@@]32Oc3c(c(O)cc4c3C(C)(C)C(C)O4)C(=O)[C@H]12. The van der Waals surface area contributed by atoms with Crippen LogP contribution in [0.5, 0.6) is 17.2 Å². The average Bonchev–Trinajstić information content (AvgIpc) is 3.08. The van der Waals surface area contributed by atoms with Crippen molar-refractivity contribution in [1.29, 1.82) is 0 Å². The van der Waals surface area contributed by atoms with E-state index >= 15 is 0 Å². The molecule has 3 saturated carbocycles. The number of aromatic hydroxyl groups is 1. The fraction of sp³-hybridized carbons (Fsp3) is 0.655. The van der Waals surface area contributed by atoms with Gasteiger partial charge in [0.05, 0.1) is 23.2 Å². The first-order chi connectivity index (χ1) is 17.0.